The molecule has 1 aromatic heterocycles. The molecule has 0 fully saturated rings. The number of hydrazine groups is 1. The fourth-order valence-electron chi connectivity index (χ4n) is 1.53. The van der Waals surface area contributed by atoms with Gasteiger partial charge in [-0.05, 0) is 18.2 Å². The van der Waals surface area contributed by atoms with Crippen molar-refractivity contribution in [1.82, 2.24) is 5.16 Å². The van der Waals surface area contributed by atoms with Gasteiger partial charge in [0.1, 0.15) is 11.2 Å². The molecule has 4 N–H and O–H groups in total. The topological polar surface area (TPSA) is 144 Å². The molecule has 9 nitrogen and oxygen atoms in total. The molecule has 0 aliphatic rings. The minimum Gasteiger partial charge on any atom is -0.363 e. The van der Waals surface area contributed by atoms with E-state index in [2.05, 4.69) is 19.8 Å². The Kier molecular flexibility index (Phi) is 3.89. The lowest BCUT2D eigenvalue weighted by Crippen LogP contribution is -2.18. The summed E-state index contributed by atoms with van der Waals surface area (Å²) in [7, 11) is -7.66. The molecule has 0 saturated carbocycles. The summed E-state index contributed by atoms with van der Waals surface area (Å²) in [5, 5.41) is 3.42. The van der Waals surface area contributed by atoms with Gasteiger partial charge in [-0.15, -0.1) is 0 Å². The highest BCUT2D eigenvalue weighted by atomic mass is 32.2. The zero-order chi connectivity index (χ0) is 15.7. The molecular formula is C10H12N4O5S2. The van der Waals surface area contributed by atoms with Crippen molar-refractivity contribution in [2.45, 2.75) is 9.79 Å². The molecule has 2 rings (SSSR count). The van der Waals surface area contributed by atoms with Crippen molar-refractivity contribution < 1.29 is 21.4 Å². The molecular weight excluding hydrogens is 320 g/mol. The molecule has 1 heterocycles. The second kappa shape index (κ2) is 5.35. The van der Waals surface area contributed by atoms with E-state index < -0.39 is 19.9 Å². The minimum absolute atomic E-state index is 0.0391. The number of sulfonamides is 1. The molecule has 0 bridgehead atoms. The van der Waals surface area contributed by atoms with Crippen LogP contribution in [0.2, 0.25) is 0 Å². The third kappa shape index (κ3) is 3.32. The number of nitrogens with zero attached hydrogens (tertiary/aromatic N) is 1. The van der Waals surface area contributed by atoms with Gasteiger partial charge in [0.2, 0.25) is 0 Å². The molecule has 0 spiro atoms. The average Bonchev–Trinajstić information content (AvgIpc) is 2.89. The Morgan fingerprint density at radius 3 is 2.43 bits per heavy atom. The third-order valence-corrected chi connectivity index (χ3v) is 5.01. The van der Waals surface area contributed by atoms with Crippen molar-refractivity contribution in [3.63, 3.8) is 0 Å². The lowest BCUT2D eigenvalue weighted by atomic mass is 10.3. The Bertz CT molecular complexity index is 844. The van der Waals surface area contributed by atoms with E-state index >= 15 is 0 Å². The summed E-state index contributed by atoms with van der Waals surface area (Å²) in [6.07, 6.45) is 2.16. The van der Waals surface area contributed by atoms with Gasteiger partial charge in [-0.3, -0.25) is 10.6 Å². The highest BCUT2D eigenvalue weighted by Gasteiger charge is 2.22. The van der Waals surface area contributed by atoms with Gasteiger partial charge in [0, 0.05) is 12.3 Å². The number of hydrogen-bond acceptors (Lipinski definition) is 8. The van der Waals surface area contributed by atoms with Gasteiger partial charge in [0.05, 0.1) is 10.6 Å². The van der Waals surface area contributed by atoms with Gasteiger partial charge in [0.25, 0.3) is 10.0 Å². The van der Waals surface area contributed by atoms with Crippen molar-refractivity contribution >= 4 is 31.4 Å². The number of sulfone groups is 1. The molecule has 2 aromatic rings. The first-order valence-electron chi connectivity index (χ1n) is 5.48. The number of nitrogens with two attached hydrogens (primary N) is 1. The number of benzene rings is 1. The van der Waals surface area contributed by atoms with Crippen LogP contribution in [0.15, 0.2) is 44.8 Å². The second-order valence-electron chi connectivity index (χ2n) is 4.06. The van der Waals surface area contributed by atoms with Crippen LogP contribution in [0.4, 0.5) is 11.5 Å². The van der Waals surface area contributed by atoms with E-state index in [0.717, 1.165) is 12.3 Å². The number of nitrogens with one attached hydrogen (secondary N) is 2. The van der Waals surface area contributed by atoms with Crippen LogP contribution in [0.25, 0.3) is 0 Å². The summed E-state index contributed by atoms with van der Waals surface area (Å²) < 4.78 is 54.3. The van der Waals surface area contributed by atoms with Crippen molar-refractivity contribution in [2.75, 3.05) is 16.4 Å². The van der Waals surface area contributed by atoms with E-state index in [0.29, 0.717) is 0 Å². The predicted molar refractivity (Wildman–Crippen MR) is 74.7 cm³/mol. The van der Waals surface area contributed by atoms with Gasteiger partial charge in [-0.2, -0.15) is 0 Å². The van der Waals surface area contributed by atoms with Crippen LogP contribution in [-0.4, -0.2) is 28.2 Å². The summed E-state index contributed by atoms with van der Waals surface area (Å²) in [6.45, 7) is 0. The average molecular weight is 332 g/mol. The molecule has 21 heavy (non-hydrogen) atoms. The monoisotopic (exact) mass is 332 g/mol. The summed E-state index contributed by atoms with van der Waals surface area (Å²) in [5.74, 6) is 5.21. The Hall–Kier alpha value is -2.11. The first-order valence-corrected chi connectivity index (χ1v) is 8.85. The van der Waals surface area contributed by atoms with Crippen LogP contribution in [0.5, 0.6) is 0 Å². The molecule has 0 saturated heterocycles. The molecule has 0 atom stereocenters. The van der Waals surface area contributed by atoms with Gasteiger partial charge >= 0.3 is 0 Å². The molecule has 0 aliphatic heterocycles. The van der Waals surface area contributed by atoms with Crippen molar-refractivity contribution in [3.05, 3.63) is 30.5 Å². The minimum atomic E-state index is -4.09. The van der Waals surface area contributed by atoms with E-state index in [4.69, 9.17) is 5.84 Å². The Morgan fingerprint density at radius 1 is 1.19 bits per heavy atom. The van der Waals surface area contributed by atoms with Crippen LogP contribution < -0.4 is 16.0 Å². The Balaban J connectivity index is 2.55. The lowest BCUT2D eigenvalue weighted by Gasteiger charge is -2.11. The number of nitrogen functional groups attached to an aromatic ring is 1. The van der Waals surface area contributed by atoms with E-state index in [-0.39, 0.29) is 21.3 Å². The first kappa shape index (κ1) is 15.3. The van der Waals surface area contributed by atoms with Crippen LogP contribution in [0.3, 0.4) is 0 Å². The lowest BCUT2D eigenvalue weighted by molar-refractivity contribution is 0.423. The normalized spacial score (nSPS) is 12.1. The first-order chi connectivity index (χ1) is 9.74. The maximum atomic E-state index is 12.3. The smallest absolute Gasteiger partial charge is 0.265 e. The van der Waals surface area contributed by atoms with E-state index in [1.807, 2.05) is 0 Å². The molecule has 11 heteroatoms. The van der Waals surface area contributed by atoms with Crippen LogP contribution >= 0.6 is 0 Å². The molecule has 114 valence electrons. The Labute approximate surface area is 121 Å². The van der Waals surface area contributed by atoms with Crippen molar-refractivity contribution in [1.29, 1.82) is 0 Å². The predicted octanol–water partition coefficient (Wildman–Crippen LogP) is 0.164. The largest absolute Gasteiger partial charge is 0.363 e. The maximum Gasteiger partial charge on any atom is 0.265 e. The molecule has 0 aliphatic carbocycles. The summed E-state index contributed by atoms with van der Waals surface area (Å²) in [4.78, 5) is -0.474. The number of anilines is 2. The quantitative estimate of drug-likeness (QED) is 0.519. The van der Waals surface area contributed by atoms with E-state index in [1.54, 1.807) is 0 Å². The number of rotatable bonds is 5. The number of hydrogen-bond donors (Lipinski definition) is 3. The van der Waals surface area contributed by atoms with E-state index in [1.165, 1.54) is 24.5 Å². The van der Waals surface area contributed by atoms with Crippen LogP contribution in [-0.2, 0) is 19.9 Å². The zero-order valence-electron chi connectivity index (χ0n) is 10.8. The van der Waals surface area contributed by atoms with Gasteiger partial charge in [-0.25, -0.2) is 16.8 Å². The Morgan fingerprint density at radius 2 is 1.90 bits per heavy atom. The highest BCUT2D eigenvalue weighted by molar-refractivity contribution is 7.93. The molecule has 0 unspecified atom stereocenters. The third-order valence-electron chi connectivity index (χ3n) is 2.50. The molecule has 0 amide bonds. The van der Waals surface area contributed by atoms with Gasteiger partial charge < -0.3 is 9.95 Å². The van der Waals surface area contributed by atoms with Gasteiger partial charge in [-0.1, -0.05) is 5.16 Å². The SMILES string of the molecule is CS(=O)(=O)c1ccc(NN)c(S(=O)(=O)Nc2ccon2)c1. The summed E-state index contributed by atoms with van der Waals surface area (Å²) >= 11 is 0. The molecule has 0 radical (unpaired) electrons. The summed E-state index contributed by atoms with van der Waals surface area (Å²) in [5.41, 5.74) is 2.24. The fourth-order valence-corrected chi connectivity index (χ4v) is 3.44. The van der Waals surface area contributed by atoms with Crippen LogP contribution in [0.1, 0.15) is 0 Å². The standard InChI is InChI=1S/C10H12N4O5S2/c1-20(15,16)7-2-3-8(12-11)9(6-7)21(17,18)14-10-4-5-19-13-10/h2-6,12H,11H2,1H3,(H,13,14). The van der Waals surface area contributed by atoms with Crippen molar-refractivity contribution in [3.8, 4) is 0 Å². The number of aromatic nitrogens is 1. The fraction of sp³-hybridized carbons (Fsp3) is 0.100. The zero-order valence-corrected chi connectivity index (χ0v) is 12.4. The van der Waals surface area contributed by atoms with E-state index in [9.17, 15) is 16.8 Å². The summed E-state index contributed by atoms with van der Waals surface area (Å²) in [6, 6.07) is 4.81. The van der Waals surface area contributed by atoms with Crippen LogP contribution in [0, 0.1) is 0 Å². The second-order valence-corrected chi connectivity index (χ2v) is 7.73. The molecule has 1 aromatic carbocycles. The van der Waals surface area contributed by atoms with Crippen molar-refractivity contribution in [2.24, 2.45) is 5.84 Å². The highest BCUT2D eigenvalue weighted by Crippen LogP contribution is 2.26. The maximum absolute atomic E-state index is 12.3. The van der Waals surface area contributed by atoms with Gasteiger partial charge in [0.15, 0.2) is 15.7 Å².